The van der Waals surface area contributed by atoms with E-state index in [0.717, 1.165) is 11.1 Å². The first-order valence-electron chi connectivity index (χ1n) is 4.68. The Hall–Kier alpha value is -0.220. The van der Waals surface area contributed by atoms with Crippen molar-refractivity contribution < 1.29 is 13.2 Å². The highest BCUT2D eigenvalue weighted by molar-refractivity contribution is 9.09. The summed E-state index contributed by atoms with van der Waals surface area (Å²) in [6.07, 6.45) is -5.05. The second-order valence-electron chi connectivity index (χ2n) is 3.74. The van der Waals surface area contributed by atoms with E-state index in [1.807, 2.05) is 0 Å². The van der Waals surface area contributed by atoms with Gasteiger partial charge < -0.3 is 0 Å². The normalized spacial score (nSPS) is 13.9. The topological polar surface area (TPSA) is 0 Å². The molecule has 0 N–H and O–H groups in total. The summed E-state index contributed by atoms with van der Waals surface area (Å²) in [4.78, 5) is -0.719. The highest BCUT2D eigenvalue weighted by Crippen LogP contribution is 2.38. The van der Waals surface area contributed by atoms with Gasteiger partial charge in [0.15, 0.2) is 0 Å². The molecule has 1 aromatic rings. The van der Waals surface area contributed by atoms with Crippen molar-refractivity contribution in [1.82, 2.24) is 0 Å². The highest BCUT2D eigenvalue weighted by Gasteiger charge is 2.32. The smallest absolute Gasteiger partial charge is 0.171 e. The molecule has 0 fully saturated rings. The summed E-state index contributed by atoms with van der Waals surface area (Å²) in [7, 11) is 0. The van der Waals surface area contributed by atoms with Gasteiger partial charge in [-0.3, -0.25) is 0 Å². The van der Waals surface area contributed by atoms with Crippen molar-refractivity contribution in [2.45, 2.75) is 31.3 Å². The molecular weight excluding hydrogens is 304 g/mol. The Labute approximate surface area is 106 Å². The van der Waals surface area contributed by atoms with Gasteiger partial charge in [0.1, 0.15) is 0 Å². The third kappa shape index (κ3) is 3.67. The largest absolute Gasteiger partial charge is 0.390 e. The lowest BCUT2D eigenvalue weighted by Crippen LogP contribution is -2.11. The average molecular weight is 316 g/mol. The minimum Gasteiger partial charge on any atom is -0.171 e. The molecule has 0 aromatic heterocycles. The zero-order valence-electron chi connectivity index (χ0n) is 8.83. The van der Waals surface area contributed by atoms with Gasteiger partial charge in [-0.2, -0.15) is 13.2 Å². The van der Waals surface area contributed by atoms with E-state index in [1.165, 1.54) is 0 Å². The highest BCUT2D eigenvalue weighted by atomic mass is 79.9. The zero-order valence-corrected chi connectivity index (χ0v) is 11.2. The number of hydrogen-bond donors (Lipinski definition) is 0. The Morgan fingerprint density at radius 3 is 2.31 bits per heavy atom. The van der Waals surface area contributed by atoms with Crippen molar-refractivity contribution >= 4 is 27.5 Å². The van der Waals surface area contributed by atoms with Gasteiger partial charge >= 0.3 is 6.18 Å². The number of aryl methyl sites for hydroxylation is 2. The van der Waals surface area contributed by atoms with Crippen LogP contribution < -0.4 is 0 Å². The van der Waals surface area contributed by atoms with Crippen LogP contribution in [-0.2, 0) is 0 Å². The quantitative estimate of drug-likeness (QED) is 0.646. The fourth-order valence-electron chi connectivity index (χ4n) is 1.45. The van der Waals surface area contributed by atoms with E-state index in [0.29, 0.717) is 10.6 Å². The van der Waals surface area contributed by atoms with Crippen molar-refractivity contribution in [3.05, 3.63) is 33.8 Å². The summed E-state index contributed by atoms with van der Waals surface area (Å²) < 4.78 is 36.7. The van der Waals surface area contributed by atoms with Gasteiger partial charge in [0.25, 0.3) is 0 Å². The van der Waals surface area contributed by atoms with Crippen LogP contribution in [0.15, 0.2) is 12.1 Å². The number of hydrogen-bond acceptors (Lipinski definition) is 0. The molecule has 0 aliphatic heterocycles. The Morgan fingerprint density at radius 2 is 1.81 bits per heavy atom. The molecule has 5 heteroatoms. The second-order valence-corrected chi connectivity index (χ2v) is 5.26. The van der Waals surface area contributed by atoms with Crippen LogP contribution in [-0.4, -0.2) is 6.18 Å². The van der Waals surface area contributed by atoms with Crippen LogP contribution in [0.4, 0.5) is 13.2 Å². The Balaban J connectivity index is 3.00. The summed E-state index contributed by atoms with van der Waals surface area (Å²) in [6.45, 7) is 3.53. The lowest BCUT2D eigenvalue weighted by atomic mass is 10.0. The average Bonchev–Trinajstić information content (AvgIpc) is 2.08. The van der Waals surface area contributed by atoms with Crippen LogP contribution in [0.1, 0.15) is 27.9 Å². The lowest BCUT2D eigenvalue weighted by Gasteiger charge is -2.16. The summed E-state index contributed by atoms with van der Waals surface area (Å²) in [6, 6.07) is 3.39. The molecule has 1 unspecified atom stereocenters. The van der Waals surface area contributed by atoms with Crippen LogP contribution in [0.3, 0.4) is 0 Å². The molecule has 0 nitrogen and oxygen atoms in total. The standard InChI is InChI=1S/C11H11BrClF3/c1-6-4-10(13)7(2)3-8(6)9(12)5-11(14,15)16/h3-4,9H,5H2,1-2H3. The SMILES string of the molecule is Cc1cc(C(Br)CC(F)(F)F)c(C)cc1Cl. The molecule has 0 spiro atoms. The molecular formula is C11H11BrClF3. The Morgan fingerprint density at radius 1 is 1.25 bits per heavy atom. The first-order valence-corrected chi connectivity index (χ1v) is 5.97. The lowest BCUT2D eigenvalue weighted by molar-refractivity contribution is -0.134. The maximum Gasteiger partial charge on any atom is 0.390 e. The van der Waals surface area contributed by atoms with E-state index in [4.69, 9.17) is 11.6 Å². The maximum atomic E-state index is 12.2. The molecule has 0 heterocycles. The first kappa shape index (κ1) is 13.8. The Bertz CT molecular complexity index is 388. The minimum atomic E-state index is -4.17. The number of alkyl halides is 4. The van der Waals surface area contributed by atoms with E-state index < -0.39 is 17.4 Å². The second kappa shape index (κ2) is 4.96. The van der Waals surface area contributed by atoms with Gasteiger partial charge in [-0.1, -0.05) is 33.6 Å². The van der Waals surface area contributed by atoms with E-state index >= 15 is 0 Å². The number of halogens is 5. The summed E-state index contributed by atoms with van der Waals surface area (Å²) in [5, 5.41) is 0.577. The van der Waals surface area contributed by atoms with Crippen molar-refractivity contribution in [3.63, 3.8) is 0 Å². The monoisotopic (exact) mass is 314 g/mol. The molecule has 90 valence electrons. The van der Waals surface area contributed by atoms with Crippen molar-refractivity contribution in [2.24, 2.45) is 0 Å². The van der Waals surface area contributed by atoms with E-state index in [1.54, 1.807) is 26.0 Å². The molecule has 0 aliphatic rings. The van der Waals surface area contributed by atoms with Gasteiger partial charge in [0.05, 0.1) is 6.42 Å². The van der Waals surface area contributed by atoms with Gasteiger partial charge in [-0.05, 0) is 36.6 Å². The number of benzene rings is 1. The van der Waals surface area contributed by atoms with Crippen LogP contribution in [0.2, 0.25) is 5.02 Å². The summed E-state index contributed by atoms with van der Waals surface area (Å²) in [5.41, 5.74) is 2.19. The van der Waals surface area contributed by atoms with Gasteiger partial charge in [-0.15, -0.1) is 0 Å². The van der Waals surface area contributed by atoms with Crippen LogP contribution >= 0.6 is 27.5 Å². The third-order valence-corrected chi connectivity index (χ3v) is 3.52. The minimum absolute atomic E-state index is 0.577. The number of rotatable bonds is 2. The molecule has 0 saturated heterocycles. The molecule has 16 heavy (non-hydrogen) atoms. The predicted molar refractivity (Wildman–Crippen MR) is 63.3 cm³/mol. The zero-order chi connectivity index (χ0) is 12.5. The van der Waals surface area contributed by atoms with E-state index in [-0.39, 0.29) is 0 Å². The van der Waals surface area contributed by atoms with Gasteiger partial charge in [-0.25, -0.2) is 0 Å². The molecule has 1 rings (SSSR count). The van der Waals surface area contributed by atoms with Crippen LogP contribution in [0, 0.1) is 13.8 Å². The molecule has 1 aromatic carbocycles. The molecule has 1 atom stereocenters. The predicted octanol–water partition coefficient (Wildman–Crippen LogP) is 5.35. The first-order chi connectivity index (χ1) is 7.20. The molecule has 0 aliphatic carbocycles. The summed E-state index contributed by atoms with van der Waals surface area (Å²) in [5.74, 6) is 0. The molecule has 0 amide bonds. The molecule has 0 radical (unpaired) electrons. The van der Waals surface area contributed by atoms with Crippen molar-refractivity contribution in [2.75, 3.05) is 0 Å². The maximum absolute atomic E-state index is 12.2. The van der Waals surface area contributed by atoms with Gasteiger partial charge in [0, 0.05) is 9.85 Å². The van der Waals surface area contributed by atoms with E-state index in [2.05, 4.69) is 15.9 Å². The molecule has 0 saturated carbocycles. The molecule has 0 bridgehead atoms. The van der Waals surface area contributed by atoms with Crippen LogP contribution in [0.25, 0.3) is 0 Å². The van der Waals surface area contributed by atoms with Crippen LogP contribution in [0.5, 0.6) is 0 Å². The van der Waals surface area contributed by atoms with Gasteiger partial charge in [0.2, 0.25) is 0 Å². The third-order valence-electron chi connectivity index (χ3n) is 2.30. The summed E-state index contributed by atoms with van der Waals surface area (Å²) >= 11 is 8.95. The van der Waals surface area contributed by atoms with Crippen molar-refractivity contribution in [1.29, 1.82) is 0 Å². The Kier molecular flexibility index (Phi) is 4.29. The van der Waals surface area contributed by atoms with E-state index in [9.17, 15) is 13.2 Å². The van der Waals surface area contributed by atoms with Crippen molar-refractivity contribution in [3.8, 4) is 0 Å². The fraction of sp³-hybridized carbons (Fsp3) is 0.455. The fourth-order valence-corrected chi connectivity index (χ4v) is 2.53.